The Labute approximate surface area is 158 Å². The van der Waals surface area contributed by atoms with Crippen molar-refractivity contribution in [3.63, 3.8) is 0 Å². The topological polar surface area (TPSA) is 58.6 Å². The predicted molar refractivity (Wildman–Crippen MR) is 104 cm³/mol. The number of hydrogen-bond acceptors (Lipinski definition) is 3. The van der Waals surface area contributed by atoms with E-state index in [1.54, 1.807) is 4.90 Å². The van der Waals surface area contributed by atoms with Crippen LogP contribution in [0.3, 0.4) is 0 Å². The first-order valence-electron chi connectivity index (χ1n) is 9.17. The molecule has 1 N–H and O–H groups in total. The maximum atomic E-state index is 13.1. The zero-order chi connectivity index (χ0) is 19.0. The van der Waals surface area contributed by atoms with Crippen LogP contribution in [0.4, 0.5) is 5.69 Å². The van der Waals surface area contributed by atoms with Gasteiger partial charge in [-0.15, -0.1) is 0 Å². The number of rotatable bonds is 4. The third kappa shape index (κ3) is 3.33. The summed E-state index contributed by atoms with van der Waals surface area (Å²) in [7, 11) is 0. The first-order chi connectivity index (χ1) is 13.0. The average Bonchev–Trinajstić information content (AvgIpc) is 2.66. The van der Waals surface area contributed by atoms with E-state index in [1.165, 1.54) is 0 Å². The molecule has 2 amide bonds. The summed E-state index contributed by atoms with van der Waals surface area (Å²) in [6.45, 7) is 4.49. The van der Waals surface area contributed by atoms with Crippen molar-refractivity contribution in [3.8, 4) is 5.75 Å². The fourth-order valence-electron chi connectivity index (χ4n) is 3.49. The molecule has 4 rings (SSSR count). The number of carbonyl (C=O) groups excluding carboxylic acids is 2. The molecule has 0 aromatic heterocycles. The number of likely N-dealkylation sites (tertiary alicyclic amines) is 1. The van der Waals surface area contributed by atoms with E-state index < -0.39 is 6.04 Å². The summed E-state index contributed by atoms with van der Waals surface area (Å²) < 4.78 is 6.01. The highest BCUT2D eigenvalue weighted by atomic mass is 16.5. The lowest BCUT2D eigenvalue weighted by Crippen LogP contribution is -2.57. The molecule has 2 aromatic rings. The number of β-lactam (4-membered cyclic amide) rings is 1. The minimum Gasteiger partial charge on any atom is -0.486 e. The zero-order valence-corrected chi connectivity index (χ0v) is 15.4. The monoisotopic (exact) mass is 362 g/mol. The van der Waals surface area contributed by atoms with E-state index in [2.05, 4.69) is 5.32 Å². The number of nitrogens with one attached hydrogen (secondary N) is 1. The first-order valence-corrected chi connectivity index (χ1v) is 9.17. The van der Waals surface area contributed by atoms with Crippen molar-refractivity contribution >= 4 is 23.6 Å². The molecule has 5 nitrogen and oxygen atoms in total. The molecule has 0 radical (unpaired) electrons. The Morgan fingerprint density at radius 2 is 1.93 bits per heavy atom. The van der Waals surface area contributed by atoms with E-state index in [0.29, 0.717) is 18.7 Å². The number of hydrogen-bond donors (Lipinski definition) is 1. The molecule has 0 aliphatic carbocycles. The maximum absolute atomic E-state index is 13.1. The smallest absolute Gasteiger partial charge is 0.251 e. The molecular weight excluding hydrogens is 340 g/mol. The van der Waals surface area contributed by atoms with Gasteiger partial charge in [-0.25, -0.2) is 0 Å². The highest BCUT2D eigenvalue weighted by Crippen LogP contribution is 2.34. The van der Waals surface area contributed by atoms with Crippen molar-refractivity contribution < 1.29 is 14.3 Å². The van der Waals surface area contributed by atoms with E-state index in [-0.39, 0.29) is 17.9 Å². The van der Waals surface area contributed by atoms with Crippen molar-refractivity contribution in [2.45, 2.75) is 32.4 Å². The fourth-order valence-corrected chi connectivity index (χ4v) is 3.49. The highest BCUT2D eigenvalue weighted by molar-refractivity contribution is 6.01. The van der Waals surface area contributed by atoms with Gasteiger partial charge in [-0.3, -0.25) is 9.59 Å². The number of carbonyl (C=O) groups is 2. The van der Waals surface area contributed by atoms with Crippen LogP contribution in [-0.4, -0.2) is 35.4 Å². The van der Waals surface area contributed by atoms with Gasteiger partial charge in [-0.2, -0.15) is 0 Å². The summed E-state index contributed by atoms with van der Waals surface area (Å²) in [4.78, 5) is 26.9. The molecule has 138 valence electrons. The Balaban J connectivity index is 1.67. The van der Waals surface area contributed by atoms with E-state index in [9.17, 15) is 9.59 Å². The zero-order valence-electron chi connectivity index (χ0n) is 15.4. The van der Waals surface area contributed by atoms with Crippen LogP contribution in [0.2, 0.25) is 0 Å². The van der Waals surface area contributed by atoms with Crippen LogP contribution in [-0.2, 0) is 9.59 Å². The number of benzene rings is 2. The van der Waals surface area contributed by atoms with Crippen molar-refractivity contribution in [1.82, 2.24) is 4.90 Å². The second-order valence-corrected chi connectivity index (χ2v) is 7.04. The molecule has 2 aromatic carbocycles. The SMILES string of the molecule is Cc1ccc(NC(=O)[C@H](C2=Cc3ccccc3O[C@H]2C)N2CCC2=O)cc1. The minimum atomic E-state index is -0.670. The number of fused-ring (bicyclic) bond motifs is 1. The van der Waals surface area contributed by atoms with Crippen molar-refractivity contribution in [2.75, 3.05) is 11.9 Å². The molecule has 2 atom stereocenters. The van der Waals surface area contributed by atoms with Gasteiger partial charge in [0.25, 0.3) is 5.91 Å². The lowest BCUT2D eigenvalue weighted by atomic mass is 9.92. The first kappa shape index (κ1) is 17.3. The number of ether oxygens (including phenoxy) is 1. The normalized spacial score (nSPS) is 19.3. The van der Waals surface area contributed by atoms with E-state index in [1.807, 2.05) is 68.5 Å². The van der Waals surface area contributed by atoms with Gasteiger partial charge in [0.1, 0.15) is 17.9 Å². The van der Waals surface area contributed by atoms with Crippen LogP contribution >= 0.6 is 0 Å². The Morgan fingerprint density at radius 1 is 1.19 bits per heavy atom. The standard InChI is InChI=1S/C22H22N2O3/c1-14-7-9-17(10-8-14)23-22(26)21(24-12-11-20(24)25)18-13-16-5-3-4-6-19(16)27-15(18)2/h3-10,13,15,21H,11-12H2,1-2H3,(H,23,26)/t15-,21-/m0/s1. The van der Waals surface area contributed by atoms with E-state index in [4.69, 9.17) is 4.74 Å². The molecule has 0 unspecified atom stereocenters. The fraction of sp³-hybridized carbons (Fsp3) is 0.273. The third-order valence-corrected chi connectivity index (χ3v) is 5.10. The summed E-state index contributed by atoms with van der Waals surface area (Å²) in [6, 6.07) is 14.7. The molecule has 5 heteroatoms. The van der Waals surface area contributed by atoms with Gasteiger partial charge in [0.2, 0.25) is 5.91 Å². The number of amides is 2. The van der Waals surface area contributed by atoms with Crippen LogP contribution in [0.1, 0.15) is 24.5 Å². The quantitative estimate of drug-likeness (QED) is 0.848. The minimum absolute atomic E-state index is 0.00832. The molecule has 2 heterocycles. The highest BCUT2D eigenvalue weighted by Gasteiger charge is 2.41. The molecule has 0 bridgehead atoms. The maximum Gasteiger partial charge on any atom is 0.251 e. The van der Waals surface area contributed by atoms with Crippen molar-refractivity contribution in [3.05, 3.63) is 65.2 Å². The largest absolute Gasteiger partial charge is 0.486 e. The van der Waals surface area contributed by atoms with Gasteiger partial charge in [-0.1, -0.05) is 35.9 Å². The lowest BCUT2D eigenvalue weighted by Gasteiger charge is -2.40. The van der Waals surface area contributed by atoms with Crippen molar-refractivity contribution in [2.24, 2.45) is 0 Å². The molecule has 27 heavy (non-hydrogen) atoms. The Bertz CT molecular complexity index is 917. The molecule has 2 aliphatic rings. The molecule has 1 fully saturated rings. The summed E-state index contributed by atoms with van der Waals surface area (Å²) >= 11 is 0. The van der Waals surface area contributed by atoms with Gasteiger partial charge < -0.3 is 15.0 Å². The predicted octanol–water partition coefficient (Wildman–Crippen LogP) is 3.40. The second-order valence-electron chi connectivity index (χ2n) is 7.04. The van der Waals surface area contributed by atoms with Crippen molar-refractivity contribution in [1.29, 1.82) is 0 Å². The number of para-hydroxylation sites is 1. The molecule has 0 saturated carbocycles. The van der Waals surface area contributed by atoms with Crippen LogP contribution in [0.25, 0.3) is 6.08 Å². The number of aryl methyl sites for hydroxylation is 1. The van der Waals surface area contributed by atoms with E-state index >= 15 is 0 Å². The Morgan fingerprint density at radius 3 is 2.59 bits per heavy atom. The molecule has 2 aliphatic heterocycles. The average molecular weight is 362 g/mol. The van der Waals surface area contributed by atoms with Gasteiger partial charge in [0.05, 0.1) is 0 Å². The third-order valence-electron chi connectivity index (χ3n) is 5.10. The molecular formula is C22H22N2O3. The summed E-state index contributed by atoms with van der Waals surface area (Å²) in [5.74, 6) is 0.570. The number of nitrogens with zero attached hydrogens (tertiary/aromatic N) is 1. The van der Waals surface area contributed by atoms with Gasteiger partial charge in [0.15, 0.2) is 0 Å². The van der Waals surface area contributed by atoms with Crippen LogP contribution in [0, 0.1) is 6.92 Å². The van der Waals surface area contributed by atoms with E-state index in [0.717, 1.165) is 22.4 Å². The second kappa shape index (κ2) is 6.91. The molecule has 0 spiro atoms. The Hall–Kier alpha value is -3.08. The van der Waals surface area contributed by atoms with Gasteiger partial charge >= 0.3 is 0 Å². The van der Waals surface area contributed by atoms with Crippen LogP contribution in [0.5, 0.6) is 5.75 Å². The Kier molecular flexibility index (Phi) is 4.44. The van der Waals surface area contributed by atoms with Crippen LogP contribution < -0.4 is 10.1 Å². The van der Waals surface area contributed by atoms with Crippen LogP contribution in [0.15, 0.2) is 54.1 Å². The summed E-state index contributed by atoms with van der Waals surface area (Å²) in [5, 5.41) is 2.95. The lowest BCUT2D eigenvalue weighted by molar-refractivity contribution is -0.146. The molecule has 1 saturated heterocycles. The van der Waals surface area contributed by atoms with Gasteiger partial charge in [-0.05, 0) is 38.1 Å². The summed E-state index contributed by atoms with van der Waals surface area (Å²) in [6.07, 6.45) is 2.17. The summed E-state index contributed by atoms with van der Waals surface area (Å²) in [5.41, 5.74) is 3.56. The van der Waals surface area contributed by atoms with Gasteiger partial charge in [0, 0.05) is 29.8 Å². The number of anilines is 1.